The van der Waals surface area contributed by atoms with Gasteiger partial charge < -0.3 is 9.88 Å². The summed E-state index contributed by atoms with van der Waals surface area (Å²) in [6, 6.07) is 13.6. The van der Waals surface area contributed by atoms with Crippen LogP contribution in [0, 0.1) is 0 Å². The molecule has 1 saturated heterocycles. The van der Waals surface area contributed by atoms with Gasteiger partial charge in [-0.05, 0) is 44.3 Å². The van der Waals surface area contributed by atoms with Gasteiger partial charge in [0.05, 0.1) is 5.69 Å². The summed E-state index contributed by atoms with van der Waals surface area (Å²) < 4.78 is 0. The third kappa shape index (κ3) is 4.52. The standard InChI is InChI=1S/C22H25N5O/c1-26-11-2-12-27(14-13-26)16-17-3-5-19(6-4-17)22-24-20(15-21(28)25-22)18-7-9-23-10-8-18/h3-10,15H,2,11-14,16H2,1H3,(H,24,25,28). The number of nitrogens with zero attached hydrogens (tertiary/aromatic N) is 4. The first-order valence-corrected chi connectivity index (χ1v) is 9.69. The quantitative estimate of drug-likeness (QED) is 0.759. The van der Waals surface area contributed by atoms with Crippen molar-refractivity contribution in [3.8, 4) is 22.6 Å². The van der Waals surface area contributed by atoms with Crippen LogP contribution in [0.15, 0.2) is 59.7 Å². The molecule has 1 aromatic carbocycles. The lowest BCUT2D eigenvalue weighted by molar-refractivity contribution is 0.269. The minimum atomic E-state index is -0.158. The Morgan fingerprint density at radius 1 is 0.964 bits per heavy atom. The summed E-state index contributed by atoms with van der Waals surface area (Å²) in [6.45, 7) is 5.47. The smallest absolute Gasteiger partial charge is 0.251 e. The maximum Gasteiger partial charge on any atom is 0.251 e. The molecule has 0 aliphatic carbocycles. The van der Waals surface area contributed by atoms with Crippen LogP contribution < -0.4 is 5.56 Å². The van der Waals surface area contributed by atoms with E-state index >= 15 is 0 Å². The van der Waals surface area contributed by atoms with E-state index in [0.29, 0.717) is 11.5 Å². The Kier molecular flexibility index (Phi) is 5.60. The number of nitrogens with one attached hydrogen (secondary N) is 1. The largest absolute Gasteiger partial charge is 0.306 e. The number of H-pyrrole nitrogens is 1. The summed E-state index contributed by atoms with van der Waals surface area (Å²) >= 11 is 0. The molecule has 0 bridgehead atoms. The number of likely N-dealkylation sites (N-methyl/N-ethyl adjacent to an activating group) is 1. The van der Waals surface area contributed by atoms with E-state index < -0.39 is 0 Å². The zero-order valence-corrected chi connectivity index (χ0v) is 16.1. The normalized spacial score (nSPS) is 16.0. The van der Waals surface area contributed by atoms with Gasteiger partial charge >= 0.3 is 0 Å². The number of benzene rings is 1. The predicted octanol–water partition coefficient (Wildman–Crippen LogP) is 2.64. The second kappa shape index (κ2) is 8.46. The van der Waals surface area contributed by atoms with E-state index in [2.05, 4.69) is 43.9 Å². The number of pyridine rings is 1. The van der Waals surface area contributed by atoms with Crippen molar-refractivity contribution in [2.24, 2.45) is 0 Å². The highest BCUT2D eigenvalue weighted by Crippen LogP contribution is 2.20. The number of aromatic amines is 1. The van der Waals surface area contributed by atoms with Gasteiger partial charge in [-0.25, -0.2) is 4.98 Å². The molecule has 0 atom stereocenters. The molecule has 1 aliphatic heterocycles. The lowest BCUT2D eigenvalue weighted by atomic mass is 10.1. The fraction of sp³-hybridized carbons (Fsp3) is 0.318. The van der Waals surface area contributed by atoms with Gasteiger partial charge in [0.1, 0.15) is 5.82 Å². The molecule has 0 unspecified atom stereocenters. The summed E-state index contributed by atoms with van der Waals surface area (Å²) in [6.07, 6.45) is 4.61. The third-order valence-electron chi connectivity index (χ3n) is 5.16. The Hall–Kier alpha value is -2.83. The van der Waals surface area contributed by atoms with E-state index in [1.165, 1.54) is 24.6 Å². The van der Waals surface area contributed by atoms with E-state index in [1.807, 2.05) is 24.3 Å². The predicted molar refractivity (Wildman–Crippen MR) is 111 cm³/mol. The maximum absolute atomic E-state index is 12.1. The number of rotatable bonds is 4. The van der Waals surface area contributed by atoms with E-state index in [4.69, 9.17) is 0 Å². The molecule has 28 heavy (non-hydrogen) atoms. The highest BCUT2D eigenvalue weighted by molar-refractivity contribution is 5.63. The van der Waals surface area contributed by atoms with Crippen molar-refractivity contribution in [1.82, 2.24) is 24.8 Å². The molecule has 6 nitrogen and oxygen atoms in total. The SMILES string of the molecule is CN1CCCN(Cc2ccc(-c3nc(-c4ccncc4)cc(=O)[nH]3)cc2)CC1. The Labute approximate surface area is 164 Å². The summed E-state index contributed by atoms with van der Waals surface area (Å²) in [5.41, 5.74) is 3.56. The van der Waals surface area contributed by atoms with Gasteiger partial charge in [-0.2, -0.15) is 0 Å². The highest BCUT2D eigenvalue weighted by atomic mass is 16.1. The van der Waals surface area contributed by atoms with Gasteiger partial charge in [0.2, 0.25) is 0 Å². The van der Waals surface area contributed by atoms with Gasteiger partial charge in [0.15, 0.2) is 0 Å². The van der Waals surface area contributed by atoms with Gasteiger partial charge in [-0.1, -0.05) is 24.3 Å². The molecule has 0 amide bonds. The summed E-state index contributed by atoms with van der Waals surface area (Å²) in [5.74, 6) is 0.585. The van der Waals surface area contributed by atoms with Crippen LogP contribution in [-0.2, 0) is 6.54 Å². The first-order valence-electron chi connectivity index (χ1n) is 9.69. The molecular formula is C22H25N5O. The van der Waals surface area contributed by atoms with Crippen molar-refractivity contribution in [3.05, 3.63) is 70.8 Å². The zero-order valence-electron chi connectivity index (χ0n) is 16.1. The van der Waals surface area contributed by atoms with Crippen LogP contribution >= 0.6 is 0 Å². The average Bonchev–Trinajstić information content (AvgIpc) is 2.93. The molecule has 6 heteroatoms. The molecular weight excluding hydrogens is 350 g/mol. The van der Waals surface area contributed by atoms with Gasteiger partial charge in [-0.15, -0.1) is 0 Å². The molecule has 1 fully saturated rings. The van der Waals surface area contributed by atoms with Crippen LogP contribution in [-0.4, -0.2) is 58.0 Å². The van der Waals surface area contributed by atoms with Crippen LogP contribution in [0.4, 0.5) is 0 Å². The van der Waals surface area contributed by atoms with Crippen molar-refractivity contribution < 1.29 is 0 Å². The molecule has 1 aliphatic rings. The van der Waals surface area contributed by atoms with Crippen molar-refractivity contribution in [2.75, 3.05) is 33.2 Å². The molecule has 0 spiro atoms. The Balaban J connectivity index is 1.52. The van der Waals surface area contributed by atoms with Crippen LogP contribution in [0.3, 0.4) is 0 Å². The Bertz CT molecular complexity index is 968. The third-order valence-corrected chi connectivity index (χ3v) is 5.16. The van der Waals surface area contributed by atoms with Crippen LogP contribution in [0.2, 0.25) is 0 Å². The number of aromatic nitrogens is 3. The molecule has 3 heterocycles. The van der Waals surface area contributed by atoms with E-state index in [0.717, 1.165) is 37.3 Å². The topological polar surface area (TPSA) is 65.1 Å². The second-order valence-electron chi connectivity index (χ2n) is 7.35. The lowest BCUT2D eigenvalue weighted by Gasteiger charge is -2.20. The highest BCUT2D eigenvalue weighted by Gasteiger charge is 2.12. The minimum Gasteiger partial charge on any atom is -0.306 e. The first-order chi connectivity index (χ1) is 13.7. The molecule has 144 valence electrons. The van der Waals surface area contributed by atoms with Crippen LogP contribution in [0.25, 0.3) is 22.6 Å². The Morgan fingerprint density at radius 2 is 1.75 bits per heavy atom. The fourth-order valence-electron chi connectivity index (χ4n) is 3.55. The molecule has 2 aromatic heterocycles. The van der Waals surface area contributed by atoms with E-state index in [1.54, 1.807) is 12.4 Å². The maximum atomic E-state index is 12.1. The van der Waals surface area contributed by atoms with Gasteiger partial charge in [-0.3, -0.25) is 14.7 Å². The monoisotopic (exact) mass is 375 g/mol. The van der Waals surface area contributed by atoms with Crippen molar-refractivity contribution in [1.29, 1.82) is 0 Å². The van der Waals surface area contributed by atoms with E-state index in [9.17, 15) is 4.79 Å². The van der Waals surface area contributed by atoms with Crippen molar-refractivity contribution in [3.63, 3.8) is 0 Å². The molecule has 0 radical (unpaired) electrons. The summed E-state index contributed by atoms with van der Waals surface area (Å²) in [5, 5.41) is 0. The van der Waals surface area contributed by atoms with Crippen LogP contribution in [0.5, 0.6) is 0 Å². The summed E-state index contributed by atoms with van der Waals surface area (Å²) in [7, 11) is 2.19. The second-order valence-corrected chi connectivity index (χ2v) is 7.35. The molecule has 1 N–H and O–H groups in total. The molecule has 0 saturated carbocycles. The average molecular weight is 375 g/mol. The molecule has 4 rings (SSSR count). The molecule has 3 aromatic rings. The zero-order chi connectivity index (χ0) is 19.3. The first kappa shape index (κ1) is 18.5. The lowest BCUT2D eigenvalue weighted by Crippen LogP contribution is -2.28. The van der Waals surface area contributed by atoms with Crippen LogP contribution in [0.1, 0.15) is 12.0 Å². The van der Waals surface area contributed by atoms with Gasteiger partial charge in [0, 0.05) is 49.2 Å². The minimum absolute atomic E-state index is 0.158. The fourth-order valence-corrected chi connectivity index (χ4v) is 3.55. The van der Waals surface area contributed by atoms with Gasteiger partial charge in [0.25, 0.3) is 5.56 Å². The van der Waals surface area contributed by atoms with Crippen molar-refractivity contribution in [2.45, 2.75) is 13.0 Å². The Morgan fingerprint density at radius 3 is 2.54 bits per heavy atom. The number of hydrogen-bond donors (Lipinski definition) is 1. The number of hydrogen-bond acceptors (Lipinski definition) is 5. The van der Waals surface area contributed by atoms with E-state index in [-0.39, 0.29) is 5.56 Å². The summed E-state index contributed by atoms with van der Waals surface area (Å²) in [4.78, 5) is 28.5. The van der Waals surface area contributed by atoms with Crippen molar-refractivity contribution >= 4 is 0 Å².